The number of carbonyl (C=O) groups is 2. The quantitative estimate of drug-likeness (QED) is 0.581. The van der Waals surface area contributed by atoms with Crippen LogP contribution in [-0.4, -0.2) is 25.1 Å². The lowest BCUT2D eigenvalue weighted by molar-refractivity contribution is -0.109. The minimum atomic E-state index is -3.79. The number of hydrogen-bond acceptors (Lipinski definition) is 6. The Balaban J connectivity index is 1.70. The van der Waals surface area contributed by atoms with Gasteiger partial charge in [-0.25, -0.2) is 8.42 Å². The molecule has 0 saturated carbocycles. The number of sulfonamides is 1. The van der Waals surface area contributed by atoms with E-state index in [-0.39, 0.29) is 21.5 Å². The number of benzene rings is 2. The van der Waals surface area contributed by atoms with Crippen molar-refractivity contribution in [1.82, 2.24) is 0 Å². The molecule has 1 heterocycles. The smallest absolute Gasteiger partial charge is 0.261 e. The molecule has 0 amide bonds. The third-order valence-corrected chi connectivity index (χ3v) is 6.09. The average Bonchev–Trinajstić information content (AvgIpc) is 3.21. The molecule has 1 aromatic heterocycles. The molecule has 0 aliphatic carbocycles. The van der Waals surface area contributed by atoms with E-state index in [1.165, 1.54) is 31.2 Å². The lowest BCUT2D eigenvalue weighted by atomic mass is 10.1. The van der Waals surface area contributed by atoms with Crippen LogP contribution >= 0.6 is 11.8 Å². The predicted octanol–water partition coefficient (Wildman–Crippen LogP) is 4.21. The predicted molar refractivity (Wildman–Crippen MR) is 109 cm³/mol. The van der Waals surface area contributed by atoms with Crippen LogP contribution in [0.15, 0.2) is 76.4 Å². The van der Waals surface area contributed by atoms with E-state index in [4.69, 9.17) is 4.42 Å². The van der Waals surface area contributed by atoms with Crippen molar-refractivity contribution in [3.05, 3.63) is 72.7 Å². The summed E-state index contributed by atoms with van der Waals surface area (Å²) in [6, 6.07) is 14.3. The molecule has 0 spiro atoms. The number of rotatable bonds is 7. The molecular weight excluding hydrogens is 398 g/mol. The summed E-state index contributed by atoms with van der Waals surface area (Å²) in [5.41, 5.74) is 2.59. The van der Waals surface area contributed by atoms with Crippen molar-refractivity contribution >= 4 is 38.4 Å². The lowest BCUT2D eigenvalue weighted by Crippen LogP contribution is -2.13. The summed E-state index contributed by atoms with van der Waals surface area (Å²) >= 11 is 0.921. The molecular formula is C20H17NO5S2. The van der Waals surface area contributed by atoms with E-state index in [1.54, 1.807) is 36.8 Å². The fourth-order valence-corrected chi connectivity index (χ4v) is 4.00. The summed E-state index contributed by atoms with van der Waals surface area (Å²) in [5.74, 6) is -0.199. The van der Waals surface area contributed by atoms with Gasteiger partial charge in [0, 0.05) is 23.7 Å². The first kappa shape index (κ1) is 19.9. The largest absolute Gasteiger partial charge is 0.472 e. The maximum absolute atomic E-state index is 12.6. The molecule has 3 rings (SSSR count). The maximum Gasteiger partial charge on any atom is 0.261 e. The highest BCUT2D eigenvalue weighted by atomic mass is 32.2. The lowest BCUT2D eigenvalue weighted by Gasteiger charge is -2.09. The van der Waals surface area contributed by atoms with Crippen LogP contribution in [0, 0.1) is 0 Å². The van der Waals surface area contributed by atoms with Gasteiger partial charge in [-0.05, 0) is 35.9 Å². The molecule has 0 radical (unpaired) electrons. The first-order valence-corrected chi connectivity index (χ1v) is 10.7. The number of hydrogen-bond donors (Lipinski definition) is 1. The van der Waals surface area contributed by atoms with Gasteiger partial charge in [0.2, 0.25) is 0 Å². The fraction of sp³-hybridized carbons (Fsp3) is 0.100. The Labute approximate surface area is 167 Å². The van der Waals surface area contributed by atoms with Gasteiger partial charge in [-0.15, -0.1) is 0 Å². The van der Waals surface area contributed by atoms with E-state index in [9.17, 15) is 18.0 Å². The standard InChI is InChI=1S/C20H17NO5S2/c1-14(22)27-13-20(23)16-4-8-19(9-5-16)28(24,25)21-18-6-2-15(3-7-18)17-10-11-26-12-17/h2-12,21H,13H2,1H3. The molecule has 3 aromatic rings. The van der Waals surface area contributed by atoms with Gasteiger partial charge < -0.3 is 4.42 Å². The molecule has 6 nitrogen and oxygen atoms in total. The van der Waals surface area contributed by atoms with Gasteiger partial charge >= 0.3 is 0 Å². The molecule has 8 heteroatoms. The van der Waals surface area contributed by atoms with E-state index in [2.05, 4.69) is 4.72 Å². The number of nitrogens with one attached hydrogen (secondary N) is 1. The van der Waals surface area contributed by atoms with E-state index < -0.39 is 10.0 Å². The first-order valence-electron chi connectivity index (χ1n) is 8.27. The molecule has 0 saturated heterocycles. The van der Waals surface area contributed by atoms with Gasteiger partial charge in [0.25, 0.3) is 10.0 Å². The highest BCUT2D eigenvalue weighted by Crippen LogP contribution is 2.23. The number of Topliss-reactive ketones (excluding diaryl/α,β-unsaturated/α-hetero) is 1. The molecule has 28 heavy (non-hydrogen) atoms. The Morgan fingerprint density at radius 2 is 1.64 bits per heavy atom. The molecule has 1 N–H and O–H groups in total. The van der Waals surface area contributed by atoms with Gasteiger partial charge in [-0.2, -0.15) is 0 Å². The van der Waals surface area contributed by atoms with E-state index in [0.717, 1.165) is 22.9 Å². The van der Waals surface area contributed by atoms with Crippen molar-refractivity contribution in [2.24, 2.45) is 0 Å². The molecule has 144 valence electrons. The van der Waals surface area contributed by atoms with Crippen molar-refractivity contribution in [2.45, 2.75) is 11.8 Å². The van der Waals surface area contributed by atoms with Gasteiger partial charge in [0.1, 0.15) is 0 Å². The molecule has 0 bridgehead atoms. The van der Waals surface area contributed by atoms with Crippen LogP contribution < -0.4 is 4.72 Å². The van der Waals surface area contributed by atoms with Gasteiger partial charge in [-0.3, -0.25) is 14.3 Å². The second-order valence-electron chi connectivity index (χ2n) is 5.92. The zero-order valence-corrected chi connectivity index (χ0v) is 16.5. The van der Waals surface area contributed by atoms with Crippen molar-refractivity contribution in [3.8, 4) is 11.1 Å². The fourth-order valence-electron chi connectivity index (χ4n) is 2.44. The number of ketones is 1. The Morgan fingerprint density at radius 3 is 2.21 bits per heavy atom. The summed E-state index contributed by atoms with van der Waals surface area (Å²) in [7, 11) is -3.79. The molecule has 2 aromatic carbocycles. The van der Waals surface area contributed by atoms with Gasteiger partial charge in [0.15, 0.2) is 10.9 Å². The maximum atomic E-state index is 12.6. The second kappa shape index (κ2) is 8.45. The molecule has 0 unspecified atom stereocenters. The monoisotopic (exact) mass is 415 g/mol. The Bertz CT molecular complexity index is 1070. The SMILES string of the molecule is CC(=O)SCC(=O)c1ccc(S(=O)(=O)Nc2ccc(-c3ccoc3)cc2)cc1. The van der Waals surface area contributed by atoms with Crippen LogP contribution in [0.3, 0.4) is 0 Å². The second-order valence-corrected chi connectivity index (χ2v) is 8.76. The van der Waals surface area contributed by atoms with E-state index in [0.29, 0.717) is 11.3 Å². The average molecular weight is 415 g/mol. The highest BCUT2D eigenvalue weighted by Gasteiger charge is 2.16. The topological polar surface area (TPSA) is 93.5 Å². The van der Waals surface area contributed by atoms with Crippen molar-refractivity contribution in [1.29, 1.82) is 0 Å². The molecule has 0 aliphatic rings. The third-order valence-electron chi connectivity index (χ3n) is 3.88. The van der Waals surface area contributed by atoms with Crippen LogP contribution in [0.1, 0.15) is 17.3 Å². The Morgan fingerprint density at radius 1 is 0.964 bits per heavy atom. The Hall–Kier alpha value is -2.84. The van der Waals surface area contributed by atoms with Gasteiger partial charge in [-0.1, -0.05) is 36.0 Å². The molecule has 0 fully saturated rings. The molecule has 0 atom stereocenters. The minimum absolute atomic E-state index is 0.0304. The summed E-state index contributed by atoms with van der Waals surface area (Å²) in [6.45, 7) is 1.39. The number of anilines is 1. The van der Waals surface area contributed by atoms with Crippen molar-refractivity contribution in [2.75, 3.05) is 10.5 Å². The van der Waals surface area contributed by atoms with Crippen molar-refractivity contribution in [3.63, 3.8) is 0 Å². The summed E-state index contributed by atoms with van der Waals surface area (Å²) in [5, 5.41) is -0.143. The molecule has 0 aliphatic heterocycles. The van der Waals surface area contributed by atoms with E-state index >= 15 is 0 Å². The van der Waals surface area contributed by atoms with Crippen LogP contribution in [0.25, 0.3) is 11.1 Å². The number of furan rings is 1. The zero-order valence-electron chi connectivity index (χ0n) is 14.9. The highest BCUT2D eigenvalue weighted by molar-refractivity contribution is 8.14. The number of carbonyl (C=O) groups excluding carboxylic acids is 2. The Kier molecular flexibility index (Phi) is 6.01. The zero-order chi connectivity index (χ0) is 20.1. The third kappa shape index (κ3) is 4.90. The van der Waals surface area contributed by atoms with Crippen LogP contribution in [-0.2, 0) is 14.8 Å². The first-order chi connectivity index (χ1) is 13.3. The normalized spacial score (nSPS) is 11.2. The number of thioether (sulfide) groups is 1. The van der Waals surface area contributed by atoms with Crippen LogP contribution in [0.2, 0.25) is 0 Å². The van der Waals surface area contributed by atoms with Gasteiger partial charge in [0.05, 0.1) is 23.2 Å². The van der Waals surface area contributed by atoms with Crippen LogP contribution in [0.4, 0.5) is 5.69 Å². The minimum Gasteiger partial charge on any atom is -0.472 e. The van der Waals surface area contributed by atoms with Crippen molar-refractivity contribution < 1.29 is 22.4 Å². The summed E-state index contributed by atoms with van der Waals surface area (Å²) < 4.78 is 32.7. The summed E-state index contributed by atoms with van der Waals surface area (Å²) in [4.78, 5) is 23.0. The van der Waals surface area contributed by atoms with Crippen LogP contribution in [0.5, 0.6) is 0 Å². The summed E-state index contributed by atoms with van der Waals surface area (Å²) in [6.07, 6.45) is 3.18. The van der Waals surface area contributed by atoms with E-state index in [1.807, 2.05) is 6.07 Å².